The van der Waals surface area contributed by atoms with Gasteiger partial charge in [-0.2, -0.15) is 0 Å². The molecule has 1 aliphatic carbocycles. The van der Waals surface area contributed by atoms with Crippen LogP contribution in [0.3, 0.4) is 0 Å². The Morgan fingerprint density at radius 1 is 1.18 bits per heavy atom. The van der Waals surface area contributed by atoms with Gasteiger partial charge in [-0.3, -0.25) is 14.9 Å². The Labute approximate surface area is 198 Å². The molecule has 1 aliphatic rings. The number of benzene rings is 2. The van der Waals surface area contributed by atoms with E-state index in [2.05, 4.69) is 26.1 Å². The molecule has 0 spiro atoms. The van der Waals surface area contributed by atoms with Crippen LogP contribution in [0, 0.1) is 27.9 Å². The number of hydrogen-bond donors (Lipinski definition) is 2. The van der Waals surface area contributed by atoms with Crippen LogP contribution < -0.4 is 10.1 Å². The largest absolute Gasteiger partial charge is 0.478 e. The Hall–Kier alpha value is -3.46. The standard InChI is InChI=1S/C25H30N2O7/c1-15(2)23-16(3)6-4-8-20(23)33-14-22(28)26-19-7-5-9-21(24(19)27(31)32)34-18-12-10-17(11-13-18)25(29)30/h5,7,9-13,15-16,20,23H,4,6,8,14H2,1-3H3,(H,26,28)(H,29,30). The Morgan fingerprint density at radius 3 is 2.50 bits per heavy atom. The number of carboxylic acid groups (broad SMARTS) is 1. The first-order valence-electron chi connectivity index (χ1n) is 11.4. The first-order chi connectivity index (χ1) is 16.2. The van der Waals surface area contributed by atoms with E-state index >= 15 is 0 Å². The van der Waals surface area contributed by atoms with E-state index in [-0.39, 0.29) is 35.5 Å². The van der Waals surface area contributed by atoms with Crippen molar-refractivity contribution >= 4 is 23.3 Å². The van der Waals surface area contributed by atoms with Crippen LogP contribution in [0.25, 0.3) is 0 Å². The molecule has 1 fully saturated rings. The molecule has 2 aromatic carbocycles. The molecule has 0 radical (unpaired) electrons. The summed E-state index contributed by atoms with van der Waals surface area (Å²) in [5, 5.41) is 23.4. The van der Waals surface area contributed by atoms with Crippen molar-refractivity contribution in [3.8, 4) is 11.5 Å². The molecule has 182 valence electrons. The van der Waals surface area contributed by atoms with Gasteiger partial charge in [-0.15, -0.1) is 0 Å². The van der Waals surface area contributed by atoms with Crippen molar-refractivity contribution in [1.82, 2.24) is 0 Å². The highest BCUT2D eigenvalue weighted by molar-refractivity contribution is 5.94. The van der Waals surface area contributed by atoms with Crippen LogP contribution >= 0.6 is 0 Å². The molecule has 0 heterocycles. The van der Waals surface area contributed by atoms with Gasteiger partial charge in [0.05, 0.1) is 16.6 Å². The molecular weight excluding hydrogens is 440 g/mol. The maximum Gasteiger partial charge on any atom is 0.335 e. The van der Waals surface area contributed by atoms with Gasteiger partial charge in [0.2, 0.25) is 5.75 Å². The highest BCUT2D eigenvalue weighted by atomic mass is 16.6. The number of rotatable bonds is 9. The first-order valence-corrected chi connectivity index (χ1v) is 11.4. The van der Waals surface area contributed by atoms with Crippen LogP contribution in [-0.2, 0) is 9.53 Å². The van der Waals surface area contributed by atoms with E-state index in [1.54, 1.807) is 0 Å². The molecular formula is C25H30N2O7. The number of ether oxygens (including phenoxy) is 2. The average Bonchev–Trinajstić information content (AvgIpc) is 2.77. The Kier molecular flexibility index (Phi) is 8.22. The van der Waals surface area contributed by atoms with Gasteiger partial charge in [-0.25, -0.2) is 4.79 Å². The number of carboxylic acids is 1. The summed E-state index contributed by atoms with van der Waals surface area (Å²) < 4.78 is 11.6. The highest BCUT2D eigenvalue weighted by Gasteiger charge is 2.34. The molecule has 34 heavy (non-hydrogen) atoms. The molecule has 2 aromatic rings. The number of nitrogens with one attached hydrogen (secondary N) is 1. The van der Waals surface area contributed by atoms with E-state index in [1.165, 1.54) is 42.5 Å². The number of nitrogens with zero attached hydrogens (tertiary/aromatic N) is 1. The molecule has 1 amide bonds. The fourth-order valence-electron chi connectivity index (χ4n) is 4.73. The molecule has 3 rings (SSSR count). The summed E-state index contributed by atoms with van der Waals surface area (Å²) >= 11 is 0. The zero-order valence-corrected chi connectivity index (χ0v) is 19.5. The number of para-hydroxylation sites is 1. The minimum absolute atomic E-state index is 0.00400. The molecule has 0 aromatic heterocycles. The number of carbonyl (C=O) groups is 2. The van der Waals surface area contributed by atoms with E-state index in [0.29, 0.717) is 17.8 Å². The third-order valence-corrected chi connectivity index (χ3v) is 6.22. The van der Waals surface area contributed by atoms with Gasteiger partial charge < -0.3 is 19.9 Å². The maximum atomic E-state index is 12.6. The van der Waals surface area contributed by atoms with E-state index in [4.69, 9.17) is 14.6 Å². The number of nitro groups is 1. The molecule has 3 unspecified atom stereocenters. The fourth-order valence-corrected chi connectivity index (χ4v) is 4.73. The van der Waals surface area contributed by atoms with Crippen molar-refractivity contribution in [1.29, 1.82) is 0 Å². The number of aromatic carboxylic acids is 1. The van der Waals surface area contributed by atoms with Gasteiger partial charge in [0.25, 0.3) is 5.91 Å². The fraction of sp³-hybridized carbons (Fsp3) is 0.440. The molecule has 1 saturated carbocycles. The molecule has 3 atom stereocenters. The van der Waals surface area contributed by atoms with E-state index < -0.39 is 22.5 Å². The van der Waals surface area contributed by atoms with Crippen molar-refractivity contribution in [2.45, 2.75) is 46.1 Å². The lowest BCUT2D eigenvalue weighted by atomic mass is 9.72. The Bertz CT molecular complexity index is 1040. The van der Waals surface area contributed by atoms with Crippen LogP contribution in [0.15, 0.2) is 42.5 Å². The van der Waals surface area contributed by atoms with Gasteiger partial charge in [0.15, 0.2) is 0 Å². The summed E-state index contributed by atoms with van der Waals surface area (Å²) in [6.07, 6.45) is 3.07. The van der Waals surface area contributed by atoms with Crippen LogP contribution in [0.4, 0.5) is 11.4 Å². The lowest BCUT2D eigenvalue weighted by molar-refractivity contribution is -0.384. The van der Waals surface area contributed by atoms with Gasteiger partial charge >= 0.3 is 11.7 Å². The molecule has 9 heteroatoms. The zero-order valence-electron chi connectivity index (χ0n) is 19.5. The molecule has 2 N–H and O–H groups in total. The number of carbonyl (C=O) groups excluding carboxylic acids is 1. The van der Waals surface area contributed by atoms with Crippen molar-refractivity contribution in [3.63, 3.8) is 0 Å². The SMILES string of the molecule is CC(C)C1C(C)CCCC1OCC(=O)Nc1cccc(Oc2ccc(C(=O)O)cc2)c1[N+](=O)[O-]. The normalized spacial score (nSPS) is 20.1. The smallest absolute Gasteiger partial charge is 0.335 e. The van der Waals surface area contributed by atoms with E-state index in [1.807, 2.05) is 0 Å². The second kappa shape index (κ2) is 11.1. The highest BCUT2D eigenvalue weighted by Crippen LogP contribution is 2.38. The molecule has 0 bridgehead atoms. The summed E-state index contributed by atoms with van der Waals surface area (Å²) in [5.74, 6) is -0.109. The van der Waals surface area contributed by atoms with Crippen molar-refractivity contribution in [3.05, 3.63) is 58.1 Å². The molecule has 0 saturated heterocycles. The second-order valence-corrected chi connectivity index (χ2v) is 8.97. The number of hydrogen-bond acceptors (Lipinski definition) is 6. The van der Waals surface area contributed by atoms with Gasteiger partial charge in [0.1, 0.15) is 18.0 Å². The summed E-state index contributed by atoms with van der Waals surface area (Å²) in [7, 11) is 0. The monoisotopic (exact) mass is 470 g/mol. The van der Waals surface area contributed by atoms with Crippen LogP contribution in [0.5, 0.6) is 11.5 Å². The topological polar surface area (TPSA) is 128 Å². The summed E-state index contributed by atoms with van der Waals surface area (Å²) in [6, 6.07) is 9.85. The van der Waals surface area contributed by atoms with Crippen molar-refractivity contribution < 1.29 is 29.1 Å². The lowest BCUT2D eigenvalue weighted by Crippen LogP contribution is -2.38. The van der Waals surface area contributed by atoms with E-state index in [9.17, 15) is 19.7 Å². The quantitative estimate of drug-likeness (QED) is 0.366. The Morgan fingerprint density at radius 2 is 1.88 bits per heavy atom. The van der Waals surface area contributed by atoms with Crippen LogP contribution in [-0.4, -0.2) is 34.6 Å². The second-order valence-electron chi connectivity index (χ2n) is 8.97. The number of anilines is 1. The average molecular weight is 471 g/mol. The minimum Gasteiger partial charge on any atom is -0.478 e. The zero-order chi connectivity index (χ0) is 24.8. The third kappa shape index (κ3) is 6.11. The van der Waals surface area contributed by atoms with Gasteiger partial charge in [-0.1, -0.05) is 39.7 Å². The van der Waals surface area contributed by atoms with Gasteiger partial charge in [0, 0.05) is 0 Å². The predicted octanol–water partition coefficient (Wildman–Crippen LogP) is 5.50. The Balaban J connectivity index is 1.71. The van der Waals surface area contributed by atoms with Crippen LogP contribution in [0.1, 0.15) is 50.4 Å². The third-order valence-electron chi connectivity index (χ3n) is 6.22. The summed E-state index contributed by atoms with van der Waals surface area (Å²) in [4.78, 5) is 34.8. The summed E-state index contributed by atoms with van der Waals surface area (Å²) in [6.45, 7) is 6.34. The van der Waals surface area contributed by atoms with Gasteiger partial charge in [-0.05, 0) is 60.6 Å². The van der Waals surface area contributed by atoms with Crippen molar-refractivity contribution in [2.75, 3.05) is 11.9 Å². The van der Waals surface area contributed by atoms with Crippen LogP contribution in [0.2, 0.25) is 0 Å². The summed E-state index contributed by atoms with van der Waals surface area (Å²) in [5.41, 5.74) is -0.338. The number of nitro benzene ring substituents is 1. The first kappa shape index (κ1) is 25.2. The minimum atomic E-state index is -1.09. The van der Waals surface area contributed by atoms with E-state index in [0.717, 1.165) is 19.3 Å². The predicted molar refractivity (Wildman–Crippen MR) is 126 cm³/mol. The maximum absolute atomic E-state index is 12.6. The number of amides is 1. The van der Waals surface area contributed by atoms with Crippen molar-refractivity contribution in [2.24, 2.45) is 17.8 Å². The molecule has 9 nitrogen and oxygen atoms in total. The molecule has 0 aliphatic heterocycles. The lowest BCUT2D eigenvalue weighted by Gasteiger charge is -2.38.